The van der Waals surface area contributed by atoms with Crippen LogP contribution in [0.5, 0.6) is 5.75 Å². The van der Waals surface area contributed by atoms with E-state index >= 15 is 0 Å². The number of nitrogens with two attached hydrogens (primary N) is 1. The van der Waals surface area contributed by atoms with Crippen molar-refractivity contribution >= 4 is 39.0 Å². The number of benzene rings is 3. The molecule has 30 heavy (non-hydrogen) atoms. The van der Waals surface area contributed by atoms with Crippen LogP contribution in [-0.2, 0) is 6.54 Å². The molecule has 2 N–H and O–H groups in total. The molecule has 5 rings (SSSR count). The quantitative estimate of drug-likeness (QED) is 0.404. The molecule has 0 aliphatic carbocycles. The van der Waals surface area contributed by atoms with Gasteiger partial charge in [-0.25, -0.2) is 0 Å². The molecule has 148 valence electrons. The first kappa shape index (κ1) is 18.5. The van der Waals surface area contributed by atoms with E-state index in [9.17, 15) is 4.79 Å². The van der Waals surface area contributed by atoms with Crippen molar-refractivity contribution in [2.45, 2.75) is 6.54 Å². The molecule has 4 nitrogen and oxygen atoms in total. The third-order valence-corrected chi connectivity index (χ3v) is 6.23. The molecule has 0 spiro atoms. The van der Waals surface area contributed by atoms with Gasteiger partial charge in [0.25, 0.3) is 0 Å². The summed E-state index contributed by atoms with van der Waals surface area (Å²) in [5.74, 6) is 0.423. The average Bonchev–Trinajstić information content (AvgIpc) is 3.40. The molecule has 2 aromatic heterocycles. The maximum atomic E-state index is 12.1. The van der Waals surface area contributed by atoms with Gasteiger partial charge in [-0.3, -0.25) is 4.79 Å². The predicted octanol–water partition coefficient (Wildman–Crippen LogP) is 5.68. The van der Waals surface area contributed by atoms with Crippen molar-refractivity contribution in [3.8, 4) is 16.9 Å². The lowest BCUT2D eigenvalue weighted by atomic mass is 10.0. The van der Waals surface area contributed by atoms with Crippen LogP contribution in [0.25, 0.3) is 32.9 Å². The van der Waals surface area contributed by atoms with Crippen LogP contribution in [0, 0.1) is 0 Å². The van der Waals surface area contributed by atoms with Crippen molar-refractivity contribution in [2.24, 2.45) is 5.73 Å². The predicted molar refractivity (Wildman–Crippen MR) is 123 cm³/mol. The standard InChI is InChI=1S/C25H20N2O2S/c1-29-19-8-5-17(6-9-19)18-7-10-20-23(13-18)27(14-16-11-12-30-15-16)22-4-2-3-21(24(20)22)25(26)28/h2-13,15H,14H2,1H3,(H2,26,28). The van der Waals surface area contributed by atoms with Crippen LogP contribution < -0.4 is 10.5 Å². The second kappa shape index (κ2) is 7.35. The maximum absolute atomic E-state index is 12.1. The Morgan fingerprint density at radius 2 is 1.80 bits per heavy atom. The molecule has 0 bridgehead atoms. The zero-order valence-electron chi connectivity index (χ0n) is 16.5. The fraction of sp³-hybridized carbons (Fsp3) is 0.0800. The second-order valence-corrected chi connectivity index (χ2v) is 8.02. The minimum atomic E-state index is -0.408. The molecule has 5 aromatic rings. The highest BCUT2D eigenvalue weighted by molar-refractivity contribution is 7.07. The topological polar surface area (TPSA) is 57.2 Å². The zero-order valence-corrected chi connectivity index (χ0v) is 17.3. The summed E-state index contributed by atoms with van der Waals surface area (Å²) in [5.41, 5.74) is 11.8. The van der Waals surface area contributed by atoms with Crippen molar-refractivity contribution in [1.82, 2.24) is 4.57 Å². The second-order valence-electron chi connectivity index (χ2n) is 7.24. The van der Waals surface area contributed by atoms with Gasteiger partial charge in [-0.05, 0) is 63.8 Å². The normalized spacial score (nSPS) is 11.2. The van der Waals surface area contributed by atoms with Crippen LogP contribution in [-0.4, -0.2) is 17.6 Å². The molecule has 0 saturated heterocycles. The van der Waals surface area contributed by atoms with Crippen molar-refractivity contribution in [3.63, 3.8) is 0 Å². The highest BCUT2D eigenvalue weighted by atomic mass is 32.1. The van der Waals surface area contributed by atoms with Crippen molar-refractivity contribution in [2.75, 3.05) is 7.11 Å². The number of primary amides is 1. The SMILES string of the molecule is COc1ccc(-c2ccc3c4c(C(N)=O)cccc4n(Cc4ccsc4)c3c2)cc1. The molecule has 0 fully saturated rings. The van der Waals surface area contributed by atoms with Crippen LogP contribution in [0.4, 0.5) is 0 Å². The van der Waals surface area contributed by atoms with Gasteiger partial charge in [-0.1, -0.05) is 30.3 Å². The molecule has 2 heterocycles. The van der Waals surface area contributed by atoms with E-state index in [1.54, 1.807) is 24.5 Å². The Morgan fingerprint density at radius 1 is 1.00 bits per heavy atom. The molecule has 0 aliphatic heterocycles. The van der Waals surface area contributed by atoms with E-state index in [2.05, 4.69) is 57.8 Å². The first-order valence-electron chi connectivity index (χ1n) is 9.66. The van der Waals surface area contributed by atoms with Gasteiger partial charge in [0.15, 0.2) is 0 Å². The minimum Gasteiger partial charge on any atom is -0.497 e. The van der Waals surface area contributed by atoms with Crippen LogP contribution in [0.3, 0.4) is 0 Å². The smallest absolute Gasteiger partial charge is 0.249 e. The average molecular weight is 413 g/mol. The molecule has 0 radical (unpaired) electrons. The largest absolute Gasteiger partial charge is 0.497 e. The van der Waals surface area contributed by atoms with E-state index in [4.69, 9.17) is 10.5 Å². The van der Waals surface area contributed by atoms with E-state index < -0.39 is 5.91 Å². The molecule has 0 atom stereocenters. The first-order chi connectivity index (χ1) is 14.7. The number of methoxy groups -OCH3 is 1. The Morgan fingerprint density at radius 3 is 2.50 bits per heavy atom. The Balaban J connectivity index is 1.77. The van der Waals surface area contributed by atoms with Crippen molar-refractivity contribution < 1.29 is 9.53 Å². The number of fused-ring (bicyclic) bond motifs is 3. The molecule has 0 aliphatic rings. The number of carbonyl (C=O) groups excluding carboxylic acids is 1. The van der Waals surface area contributed by atoms with E-state index in [0.717, 1.165) is 45.2 Å². The summed E-state index contributed by atoms with van der Waals surface area (Å²) in [6.45, 7) is 0.734. The summed E-state index contributed by atoms with van der Waals surface area (Å²) in [7, 11) is 1.67. The summed E-state index contributed by atoms with van der Waals surface area (Å²) < 4.78 is 7.55. The molecule has 1 amide bonds. The Bertz CT molecular complexity index is 1370. The van der Waals surface area contributed by atoms with Gasteiger partial charge in [0.1, 0.15) is 5.75 Å². The number of rotatable bonds is 5. The summed E-state index contributed by atoms with van der Waals surface area (Å²) in [6, 6.07) is 22.3. The third-order valence-electron chi connectivity index (χ3n) is 5.50. The number of nitrogens with zero attached hydrogens (tertiary/aromatic N) is 1. The Hall–Kier alpha value is -3.57. The van der Waals surface area contributed by atoms with Gasteiger partial charge in [0.2, 0.25) is 5.91 Å². The number of hydrogen-bond donors (Lipinski definition) is 1. The fourth-order valence-corrected chi connectivity index (χ4v) is 4.71. The summed E-state index contributed by atoms with van der Waals surface area (Å²) in [5, 5.41) is 6.19. The lowest BCUT2D eigenvalue weighted by Gasteiger charge is -2.08. The molecule has 0 saturated carbocycles. The van der Waals surface area contributed by atoms with E-state index in [0.29, 0.717) is 5.56 Å². The number of ether oxygens (including phenoxy) is 1. The summed E-state index contributed by atoms with van der Waals surface area (Å²) in [4.78, 5) is 12.1. The zero-order chi connectivity index (χ0) is 20.7. The van der Waals surface area contributed by atoms with Gasteiger partial charge in [-0.2, -0.15) is 11.3 Å². The number of amides is 1. The maximum Gasteiger partial charge on any atom is 0.249 e. The van der Waals surface area contributed by atoms with Gasteiger partial charge < -0.3 is 15.0 Å². The molecule has 5 heteroatoms. The minimum absolute atomic E-state index is 0.408. The van der Waals surface area contributed by atoms with E-state index in [1.165, 1.54) is 5.56 Å². The van der Waals surface area contributed by atoms with Crippen LogP contribution in [0.15, 0.2) is 77.5 Å². The Labute approximate surface area is 178 Å². The van der Waals surface area contributed by atoms with Crippen LogP contribution >= 0.6 is 11.3 Å². The lowest BCUT2D eigenvalue weighted by Crippen LogP contribution is -2.11. The summed E-state index contributed by atoms with van der Waals surface area (Å²) >= 11 is 1.68. The first-order valence-corrected chi connectivity index (χ1v) is 10.6. The van der Waals surface area contributed by atoms with Crippen LogP contribution in [0.1, 0.15) is 15.9 Å². The molecular weight excluding hydrogens is 392 g/mol. The van der Waals surface area contributed by atoms with E-state index in [1.807, 2.05) is 18.2 Å². The molecular formula is C25H20N2O2S. The van der Waals surface area contributed by atoms with Gasteiger partial charge in [0, 0.05) is 22.9 Å². The Kier molecular flexibility index (Phi) is 4.52. The molecule has 3 aromatic carbocycles. The number of carbonyl (C=O) groups is 1. The fourth-order valence-electron chi connectivity index (χ4n) is 4.05. The van der Waals surface area contributed by atoms with E-state index in [-0.39, 0.29) is 0 Å². The number of hydrogen-bond acceptors (Lipinski definition) is 3. The van der Waals surface area contributed by atoms with Crippen LogP contribution in [0.2, 0.25) is 0 Å². The highest BCUT2D eigenvalue weighted by Gasteiger charge is 2.17. The molecule has 0 unspecified atom stereocenters. The monoisotopic (exact) mass is 412 g/mol. The number of thiophene rings is 1. The number of aromatic nitrogens is 1. The third kappa shape index (κ3) is 3.04. The van der Waals surface area contributed by atoms with Gasteiger partial charge >= 0.3 is 0 Å². The van der Waals surface area contributed by atoms with Gasteiger partial charge in [0.05, 0.1) is 18.1 Å². The van der Waals surface area contributed by atoms with Crippen molar-refractivity contribution in [1.29, 1.82) is 0 Å². The van der Waals surface area contributed by atoms with Crippen molar-refractivity contribution in [3.05, 3.63) is 88.6 Å². The lowest BCUT2D eigenvalue weighted by molar-refractivity contribution is 0.100. The summed E-state index contributed by atoms with van der Waals surface area (Å²) in [6.07, 6.45) is 0. The highest BCUT2D eigenvalue weighted by Crippen LogP contribution is 2.35. The van der Waals surface area contributed by atoms with Gasteiger partial charge in [-0.15, -0.1) is 0 Å².